The van der Waals surface area contributed by atoms with Gasteiger partial charge in [0.2, 0.25) is 0 Å². The summed E-state index contributed by atoms with van der Waals surface area (Å²) in [6.07, 6.45) is 0. The fraction of sp³-hybridized carbons (Fsp3) is 0.364. The summed E-state index contributed by atoms with van der Waals surface area (Å²) in [7, 11) is 0. The van der Waals surface area contributed by atoms with Crippen molar-refractivity contribution in [3.8, 4) is 0 Å². The second-order valence-corrected chi connectivity index (χ2v) is 3.87. The summed E-state index contributed by atoms with van der Waals surface area (Å²) in [5, 5.41) is 11.9. The summed E-state index contributed by atoms with van der Waals surface area (Å²) in [5.41, 5.74) is -0.603. The van der Waals surface area contributed by atoms with Crippen LogP contribution in [0.4, 0.5) is 4.39 Å². The first-order valence-corrected chi connectivity index (χ1v) is 4.65. The fourth-order valence-corrected chi connectivity index (χ4v) is 1.00. The molecule has 0 atom stereocenters. The molecule has 0 bridgehead atoms. The van der Waals surface area contributed by atoms with Crippen LogP contribution in [0.2, 0.25) is 0 Å². The van der Waals surface area contributed by atoms with Gasteiger partial charge in [-0.25, -0.2) is 4.39 Å². The number of aliphatic hydroxyl groups is 1. The Kier molecular flexibility index (Phi) is 3.42. The van der Waals surface area contributed by atoms with E-state index in [4.69, 9.17) is 0 Å². The van der Waals surface area contributed by atoms with Gasteiger partial charge in [-0.3, -0.25) is 4.79 Å². The number of halogens is 1. The average molecular weight is 211 g/mol. The third-order valence-corrected chi connectivity index (χ3v) is 1.92. The number of hydrogen-bond donors (Lipinski definition) is 2. The topological polar surface area (TPSA) is 49.3 Å². The summed E-state index contributed by atoms with van der Waals surface area (Å²) >= 11 is 0. The molecule has 0 saturated carbocycles. The first-order chi connectivity index (χ1) is 6.89. The van der Waals surface area contributed by atoms with Crippen LogP contribution >= 0.6 is 0 Å². The van der Waals surface area contributed by atoms with Crippen molar-refractivity contribution in [3.63, 3.8) is 0 Å². The van der Waals surface area contributed by atoms with Crippen molar-refractivity contribution < 1.29 is 14.3 Å². The van der Waals surface area contributed by atoms with E-state index in [9.17, 15) is 14.3 Å². The minimum Gasteiger partial charge on any atom is -0.381 e. The van der Waals surface area contributed by atoms with Crippen LogP contribution in [0.15, 0.2) is 24.3 Å². The van der Waals surface area contributed by atoms with Crippen molar-refractivity contribution in [2.75, 3.05) is 0 Å². The number of hydrogen-bond acceptors (Lipinski definition) is 2. The first kappa shape index (κ1) is 11.7. The Labute approximate surface area is 87.9 Å². The fourth-order valence-electron chi connectivity index (χ4n) is 1.00. The van der Waals surface area contributed by atoms with Gasteiger partial charge in [-0.05, 0) is 31.5 Å². The summed E-state index contributed by atoms with van der Waals surface area (Å²) in [5.74, 6) is -0.764. The molecule has 15 heavy (non-hydrogen) atoms. The van der Waals surface area contributed by atoms with E-state index in [1.165, 1.54) is 26.0 Å². The summed E-state index contributed by atoms with van der Waals surface area (Å²) in [6, 6.07) is 5.82. The standard InChI is InChI=1S/C11H14FNO2/c1-11(2,15)10(14)13-7-8-3-5-9(12)6-4-8/h3-6,15H,7H2,1-2H3,(H,13,14). The van der Waals surface area contributed by atoms with E-state index in [1.807, 2.05) is 0 Å². The molecule has 0 saturated heterocycles. The molecule has 1 rings (SSSR count). The van der Waals surface area contributed by atoms with Crippen LogP contribution in [-0.4, -0.2) is 16.6 Å². The predicted octanol–water partition coefficient (Wildman–Crippen LogP) is 1.21. The van der Waals surface area contributed by atoms with E-state index >= 15 is 0 Å². The molecule has 0 fully saturated rings. The van der Waals surface area contributed by atoms with Crippen LogP contribution in [0.5, 0.6) is 0 Å². The molecule has 1 aromatic rings. The van der Waals surface area contributed by atoms with E-state index in [0.717, 1.165) is 5.56 Å². The lowest BCUT2D eigenvalue weighted by Crippen LogP contribution is -2.41. The molecule has 0 spiro atoms. The van der Waals surface area contributed by atoms with Gasteiger partial charge in [-0.15, -0.1) is 0 Å². The molecule has 0 aliphatic rings. The Hall–Kier alpha value is -1.42. The second-order valence-electron chi connectivity index (χ2n) is 3.87. The Balaban J connectivity index is 2.51. The van der Waals surface area contributed by atoms with Gasteiger partial charge >= 0.3 is 0 Å². The summed E-state index contributed by atoms with van der Waals surface area (Å²) < 4.78 is 12.5. The Morgan fingerprint density at radius 1 is 1.40 bits per heavy atom. The minimum absolute atomic E-state index is 0.281. The maximum atomic E-state index is 12.5. The van der Waals surface area contributed by atoms with Gasteiger partial charge in [0, 0.05) is 6.54 Å². The highest BCUT2D eigenvalue weighted by molar-refractivity contribution is 5.83. The third kappa shape index (κ3) is 3.67. The van der Waals surface area contributed by atoms with Gasteiger partial charge in [-0.2, -0.15) is 0 Å². The molecule has 3 nitrogen and oxygen atoms in total. The highest BCUT2D eigenvalue weighted by Crippen LogP contribution is 2.04. The van der Waals surface area contributed by atoms with Crippen LogP contribution < -0.4 is 5.32 Å². The number of amides is 1. The van der Waals surface area contributed by atoms with Gasteiger partial charge in [0.1, 0.15) is 11.4 Å². The van der Waals surface area contributed by atoms with Crippen LogP contribution in [0.25, 0.3) is 0 Å². The smallest absolute Gasteiger partial charge is 0.251 e. The van der Waals surface area contributed by atoms with Gasteiger partial charge < -0.3 is 10.4 Å². The number of carbonyl (C=O) groups is 1. The maximum absolute atomic E-state index is 12.5. The molecule has 4 heteroatoms. The van der Waals surface area contributed by atoms with Crippen molar-refractivity contribution >= 4 is 5.91 Å². The molecule has 1 aromatic carbocycles. The van der Waals surface area contributed by atoms with Crippen LogP contribution in [0.1, 0.15) is 19.4 Å². The van der Waals surface area contributed by atoms with Gasteiger partial charge in [0.15, 0.2) is 0 Å². The second kappa shape index (κ2) is 4.40. The molecule has 0 aliphatic heterocycles. The van der Waals surface area contributed by atoms with E-state index in [-0.39, 0.29) is 12.4 Å². The maximum Gasteiger partial charge on any atom is 0.251 e. The quantitative estimate of drug-likeness (QED) is 0.789. The van der Waals surface area contributed by atoms with Crippen LogP contribution in [0.3, 0.4) is 0 Å². The van der Waals surface area contributed by atoms with Crippen molar-refractivity contribution in [2.24, 2.45) is 0 Å². The number of carbonyl (C=O) groups excluding carboxylic acids is 1. The lowest BCUT2D eigenvalue weighted by atomic mass is 10.1. The van der Waals surface area contributed by atoms with E-state index in [1.54, 1.807) is 12.1 Å². The molecule has 0 aromatic heterocycles. The molecule has 0 heterocycles. The molecule has 82 valence electrons. The molecule has 0 aliphatic carbocycles. The predicted molar refractivity (Wildman–Crippen MR) is 54.5 cm³/mol. The molecular formula is C11H14FNO2. The van der Waals surface area contributed by atoms with Gasteiger partial charge in [0.25, 0.3) is 5.91 Å². The molecular weight excluding hydrogens is 197 g/mol. The van der Waals surface area contributed by atoms with Gasteiger partial charge in [-0.1, -0.05) is 12.1 Å². The molecule has 2 N–H and O–H groups in total. The van der Waals surface area contributed by atoms with Crippen molar-refractivity contribution in [1.29, 1.82) is 0 Å². The normalized spacial score (nSPS) is 11.2. The summed E-state index contributed by atoms with van der Waals surface area (Å²) in [6.45, 7) is 3.10. The van der Waals surface area contributed by atoms with Crippen LogP contribution in [0, 0.1) is 5.82 Å². The Morgan fingerprint density at radius 3 is 2.40 bits per heavy atom. The zero-order valence-electron chi connectivity index (χ0n) is 8.75. The molecule has 1 amide bonds. The Bertz CT molecular complexity index is 341. The zero-order valence-corrected chi connectivity index (χ0v) is 8.75. The lowest BCUT2D eigenvalue weighted by molar-refractivity contribution is -0.136. The zero-order chi connectivity index (χ0) is 11.5. The SMILES string of the molecule is CC(C)(O)C(=O)NCc1ccc(F)cc1. The number of nitrogens with one attached hydrogen (secondary N) is 1. The van der Waals surface area contributed by atoms with E-state index in [0.29, 0.717) is 0 Å². The minimum atomic E-state index is -1.39. The largest absolute Gasteiger partial charge is 0.381 e. The molecule has 0 radical (unpaired) electrons. The van der Waals surface area contributed by atoms with Gasteiger partial charge in [0.05, 0.1) is 0 Å². The third-order valence-electron chi connectivity index (χ3n) is 1.92. The molecule has 0 unspecified atom stereocenters. The Morgan fingerprint density at radius 2 is 1.93 bits per heavy atom. The van der Waals surface area contributed by atoms with Crippen LogP contribution in [-0.2, 0) is 11.3 Å². The van der Waals surface area contributed by atoms with E-state index < -0.39 is 11.5 Å². The van der Waals surface area contributed by atoms with Crippen molar-refractivity contribution in [1.82, 2.24) is 5.32 Å². The highest BCUT2D eigenvalue weighted by atomic mass is 19.1. The lowest BCUT2D eigenvalue weighted by Gasteiger charge is -2.16. The highest BCUT2D eigenvalue weighted by Gasteiger charge is 2.22. The first-order valence-electron chi connectivity index (χ1n) is 4.65. The average Bonchev–Trinajstić information content (AvgIpc) is 2.15. The van der Waals surface area contributed by atoms with Crippen molar-refractivity contribution in [2.45, 2.75) is 26.0 Å². The number of benzene rings is 1. The summed E-state index contributed by atoms with van der Waals surface area (Å²) in [4.78, 5) is 11.3. The monoisotopic (exact) mass is 211 g/mol. The van der Waals surface area contributed by atoms with E-state index in [2.05, 4.69) is 5.32 Å². The number of rotatable bonds is 3. The van der Waals surface area contributed by atoms with Crippen molar-refractivity contribution in [3.05, 3.63) is 35.6 Å².